The highest BCUT2D eigenvalue weighted by Gasteiger charge is 2.29. The fourth-order valence-corrected chi connectivity index (χ4v) is 3.19. The second-order valence-corrected chi connectivity index (χ2v) is 7.55. The molecule has 0 saturated carbocycles. The minimum atomic E-state index is -0.426. The lowest BCUT2D eigenvalue weighted by atomic mass is 9.93. The summed E-state index contributed by atoms with van der Waals surface area (Å²) >= 11 is 0. The van der Waals surface area contributed by atoms with E-state index in [1.165, 1.54) is 11.6 Å². The third kappa shape index (κ3) is 4.61. The van der Waals surface area contributed by atoms with Crippen LogP contribution in [0.3, 0.4) is 0 Å². The number of aromatic hydroxyl groups is 1. The summed E-state index contributed by atoms with van der Waals surface area (Å²) in [5.74, 6) is 0.320. The van der Waals surface area contributed by atoms with Crippen LogP contribution in [0.2, 0.25) is 0 Å². The van der Waals surface area contributed by atoms with Crippen LogP contribution in [-0.4, -0.2) is 16.5 Å². The van der Waals surface area contributed by atoms with Crippen molar-refractivity contribution in [1.29, 1.82) is 0 Å². The first-order valence-corrected chi connectivity index (χ1v) is 9.53. The number of ether oxygens (including phenoxy) is 1. The number of benzene rings is 2. The van der Waals surface area contributed by atoms with Crippen molar-refractivity contribution in [1.82, 2.24) is 0 Å². The number of ketones is 1. The molecule has 0 aliphatic carbocycles. The van der Waals surface area contributed by atoms with Crippen molar-refractivity contribution in [2.24, 2.45) is 0 Å². The van der Waals surface area contributed by atoms with Gasteiger partial charge in [-0.3, -0.25) is 4.79 Å². The molecule has 0 fully saturated rings. The molecule has 3 rings (SSSR count). The maximum atomic E-state index is 12.5. The van der Waals surface area contributed by atoms with Crippen LogP contribution in [-0.2, 0) is 0 Å². The standard InChI is InChI=1S/C25H26O3/c1-18(2)8-7-16-25(3)17-15-21-23(28-25)14-12-20(24(21)27)22(26)13-11-19-9-5-4-6-10-19/h4-6,8-15,17,27H,7,16H2,1-3H3/b13-11+/t25-/m1/s1. The van der Waals surface area contributed by atoms with Gasteiger partial charge in [-0.25, -0.2) is 0 Å². The monoisotopic (exact) mass is 374 g/mol. The predicted octanol–water partition coefficient (Wildman–Crippen LogP) is 6.20. The van der Waals surface area contributed by atoms with Crippen LogP contribution >= 0.6 is 0 Å². The minimum absolute atomic E-state index is 0.0391. The van der Waals surface area contributed by atoms with Gasteiger partial charge in [0.2, 0.25) is 0 Å². The van der Waals surface area contributed by atoms with Gasteiger partial charge in [-0.05, 0) is 69.5 Å². The molecule has 1 aliphatic heterocycles. The van der Waals surface area contributed by atoms with Crippen molar-refractivity contribution in [3.05, 3.63) is 83.0 Å². The summed E-state index contributed by atoms with van der Waals surface area (Å²) in [7, 11) is 0. The Morgan fingerprint density at radius 1 is 1.14 bits per heavy atom. The van der Waals surface area contributed by atoms with E-state index in [4.69, 9.17) is 4.74 Å². The third-order valence-electron chi connectivity index (χ3n) is 4.81. The Labute approximate surface area is 166 Å². The van der Waals surface area contributed by atoms with E-state index in [1.807, 2.05) is 49.4 Å². The molecule has 1 N–H and O–H groups in total. The van der Waals surface area contributed by atoms with Crippen LogP contribution < -0.4 is 4.74 Å². The van der Waals surface area contributed by atoms with Gasteiger partial charge in [-0.2, -0.15) is 0 Å². The first-order chi connectivity index (χ1) is 13.4. The summed E-state index contributed by atoms with van der Waals surface area (Å²) in [5, 5.41) is 10.6. The highest BCUT2D eigenvalue weighted by molar-refractivity contribution is 6.09. The summed E-state index contributed by atoms with van der Waals surface area (Å²) in [6.07, 6.45) is 11.0. The number of phenolic OH excluding ortho intramolecular Hbond substituents is 1. The molecule has 3 nitrogen and oxygen atoms in total. The van der Waals surface area contributed by atoms with Gasteiger partial charge < -0.3 is 9.84 Å². The van der Waals surface area contributed by atoms with Crippen LogP contribution in [0.15, 0.2) is 66.3 Å². The molecule has 144 valence electrons. The molecule has 0 bridgehead atoms. The Bertz CT molecular complexity index is 947. The first kappa shape index (κ1) is 19.7. The van der Waals surface area contributed by atoms with Gasteiger partial charge in [0.15, 0.2) is 5.78 Å². The summed E-state index contributed by atoms with van der Waals surface area (Å²) in [6.45, 7) is 6.19. The highest BCUT2D eigenvalue weighted by atomic mass is 16.5. The summed E-state index contributed by atoms with van der Waals surface area (Å²) in [5.41, 5.74) is 2.62. The van der Waals surface area contributed by atoms with Crippen molar-refractivity contribution in [2.75, 3.05) is 0 Å². The molecule has 1 aliphatic rings. The molecule has 0 spiro atoms. The summed E-state index contributed by atoms with van der Waals surface area (Å²) < 4.78 is 6.14. The van der Waals surface area contributed by atoms with Crippen molar-refractivity contribution in [3.8, 4) is 11.5 Å². The van der Waals surface area contributed by atoms with E-state index in [2.05, 4.69) is 19.9 Å². The predicted molar refractivity (Wildman–Crippen MR) is 115 cm³/mol. The summed E-state index contributed by atoms with van der Waals surface area (Å²) in [6, 6.07) is 13.0. The SMILES string of the molecule is CC(C)=CCC[C@]1(C)C=Cc2c(ccc(C(=O)/C=C/c3ccccc3)c2O)O1. The molecule has 2 aromatic carbocycles. The average molecular weight is 374 g/mol. The molecule has 2 aromatic rings. The summed E-state index contributed by atoms with van der Waals surface area (Å²) in [4.78, 5) is 12.5. The molecule has 28 heavy (non-hydrogen) atoms. The number of rotatable bonds is 6. The number of carbonyl (C=O) groups is 1. The van der Waals surface area contributed by atoms with Gasteiger partial charge >= 0.3 is 0 Å². The normalized spacial score (nSPS) is 17.8. The van der Waals surface area contributed by atoms with Gasteiger partial charge in [0.25, 0.3) is 0 Å². The van der Waals surface area contributed by atoms with Gasteiger partial charge in [0, 0.05) is 0 Å². The molecule has 0 aromatic heterocycles. The number of allylic oxidation sites excluding steroid dienone is 3. The molecular weight excluding hydrogens is 348 g/mol. The van der Waals surface area contributed by atoms with Gasteiger partial charge in [-0.1, -0.05) is 48.1 Å². The molecule has 0 radical (unpaired) electrons. The number of carbonyl (C=O) groups excluding carboxylic acids is 1. The third-order valence-corrected chi connectivity index (χ3v) is 4.81. The fourth-order valence-electron chi connectivity index (χ4n) is 3.19. The fraction of sp³-hybridized carbons (Fsp3) is 0.240. The lowest BCUT2D eigenvalue weighted by molar-refractivity contribution is 0.104. The van der Waals surface area contributed by atoms with Crippen LogP contribution in [0.25, 0.3) is 12.2 Å². The maximum Gasteiger partial charge on any atom is 0.189 e. The molecule has 0 saturated heterocycles. The maximum absolute atomic E-state index is 12.5. The first-order valence-electron chi connectivity index (χ1n) is 9.53. The number of hydrogen-bond donors (Lipinski definition) is 1. The lowest BCUT2D eigenvalue weighted by Crippen LogP contribution is -2.31. The second kappa shape index (κ2) is 8.30. The number of phenols is 1. The Morgan fingerprint density at radius 3 is 2.61 bits per heavy atom. The van der Waals surface area contributed by atoms with Gasteiger partial charge in [0.1, 0.15) is 17.1 Å². The smallest absolute Gasteiger partial charge is 0.189 e. The van der Waals surface area contributed by atoms with Crippen LogP contribution in [0.1, 0.15) is 55.1 Å². The lowest BCUT2D eigenvalue weighted by Gasteiger charge is -2.32. The van der Waals surface area contributed by atoms with Crippen LogP contribution in [0, 0.1) is 0 Å². The van der Waals surface area contributed by atoms with E-state index in [9.17, 15) is 9.90 Å². The number of fused-ring (bicyclic) bond motifs is 1. The van der Waals surface area contributed by atoms with E-state index in [-0.39, 0.29) is 17.1 Å². The Kier molecular flexibility index (Phi) is 5.84. The van der Waals surface area contributed by atoms with Gasteiger partial charge in [0.05, 0.1) is 11.1 Å². The van der Waals surface area contributed by atoms with E-state index >= 15 is 0 Å². The Hall–Kier alpha value is -3.07. The molecule has 1 heterocycles. The minimum Gasteiger partial charge on any atom is -0.506 e. The second-order valence-electron chi connectivity index (χ2n) is 7.55. The van der Waals surface area contributed by atoms with E-state index in [0.717, 1.165) is 18.4 Å². The highest BCUT2D eigenvalue weighted by Crippen LogP contribution is 2.40. The Balaban J connectivity index is 1.79. The van der Waals surface area contributed by atoms with Crippen molar-refractivity contribution >= 4 is 17.9 Å². The van der Waals surface area contributed by atoms with Crippen LogP contribution in [0.5, 0.6) is 11.5 Å². The van der Waals surface area contributed by atoms with E-state index in [1.54, 1.807) is 18.2 Å². The van der Waals surface area contributed by atoms with Gasteiger partial charge in [-0.15, -0.1) is 0 Å². The zero-order valence-electron chi connectivity index (χ0n) is 16.6. The quantitative estimate of drug-likeness (QED) is 0.372. The van der Waals surface area contributed by atoms with E-state index in [0.29, 0.717) is 11.3 Å². The van der Waals surface area contributed by atoms with Crippen molar-refractivity contribution < 1.29 is 14.6 Å². The molecule has 3 heteroatoms. The molecular formula is C25H26O3. The van der Waals surface area contributed by atoms with E-state index < -0.39 is 5.60 Å². The number of hydrogen-bond acceptors (Lipinski definition) is 3. The van der Waals surface area contributed by atoms with Crippen molar-refractivity contribution in [3.63, 3.8) is 0 Å². The van der Waals surface area contributed by atoms with Crippen molar-refractivity contribution in [2.45, 2.75) is 39.2 Å². The average Bonchev–Trinajstić information content (AvgIpc) is 2.66. The molecule has 1 atom stereocenters. The topological polar surface area (TPSA) is 46.5 Å². The molecule has 0 amide bonds. The van der Waals surface area contributed by atoms with Crippen LogP contribution in [0.4, 0.5) is 0 Å². The Morgan fingerprint density at radius 2 is 1.89 bits per heavy atom. The molecule has 0 unspecified atom stereocenters. The largest absolute Gasteiger partial charge is 0.506 e. The zero-order chi connectivity index (χ0) is 20.1. The zero-order valence-corrected chi connectivity index (χ0v) is 16.6.